The average molecular weight is 283 g/mol. The zero-order valence-corrected chi connectivity index (χ0v) is 13.2. The number of amides is 2. The van der Waals surface area contributed by atoms with Gasteiger partial charge in [-0.15, -0.1) is 0 Å². The van der Waals surface area contributed by atoms with Gasteiger partial charge >= 0.3 is 0 Å². The highest BCUT2D eigenvalue weighted by Crippen LogP contribution is 2.11. The third-order valence-corrected chi connectivity index (χ3v) is 3.77. The lowest BCUT2D eigenvalue weighted by Crippen LogP contribution is -2.52. The van der Waals surface area contributed by atoms with Gasteiger partial charge in [0.05, 0.1) is 6.54 Å². The molecule has 0 bridgehead atoms. The Labute approximate surface area is 122 Å². The number of rotatable bonds is 7. The standard InChI is InChI=1S/C15H29N3O2/c1-4-6-13(3)15(20)18-10-8-17(9-11-18)12-14(19)16-7-5-2/h13H,4-12H2,1-3H3,(H,16,19). The Kier molecular flexibility index (Phi) is 7.59. The van der Waals surface area contributed by atoms with Gasteiger partial charge in [0, 0.05) is 38.6 Å². The molecule has 0 aromatic rings. The van der Waals surface area contributed by atoms with Gasteiger partial charge in [0.1, 0.15) is 0 Å². The molecule has 1 aliphatic rings. The Balaban J connectivity index is 2.29. The van der Waals surface area contributed by atoms with Crippen LogP contribution in [-0.4, -0.2) is 60.9 Å². The molecule has 0 aromatic carbocycles. The summed E-state index contributed by atoms with van der Waals surface area (Å²) in [5.41, 5.74) is 0. The molecular formula is C15H29N3O2. The first-order valence-electron chi connectivity index (χ1n) is 7.86. The molecule has 5 heteroatoms. The van der Waals surface area contributed by atoms with Crippen LogP contribution in [0.2, 0.25) is 0 Å². The minimum absolute atomic E-state index is 0.0889. The topological polar surface area (TPSA) is 52.7 Å². The van der Waals surface area contributed by atoms with Crippen molar-refractivity contribution in [2.45, 2.75) is 40.0 Å². The molecule has 1 unspecified atom stereocenters. The number of carbonyl (C=O) groups excluding carboxylic acids is 2. The van der Waals surface area contributed by atoms with Crippen LogP contribution in [0, 0.1) is 5.92 Å². The smallest absolute Gasteiger partial charge is 0.234 e. The first kappa shape index (κ1) is 17.0. The van der Waals surface area contributed by atoms with E-state index in [1.54, 1.807) is 0 Å². The van der Waals surface area contributed by atoms with E-state index in [2.05, 4.69) is 17.1 Å². The van der Waals surface area contributed by atoms with Crippen molar-refractivity contribution < 1.29 is 9.59 Å². The van der Waals surface area contributed by atoms with Crippen molar-refractivity contribution in [3.63, 3.8) is 0 Å². The summed E-state index contributed by atoms with van der Waals surface area (Å²) in [5.74, 6) is 0.479. The predicted molar refractivity (Wildman–Crippen MR) is 80.4 cm³/mol. The van der Waals surface area contributed by atoms with Crippen molar-refractivity contribution in [2.75, 3.05) is 39.3 Å². The largest absolute Gasteiger partial charge is 0.355 e. The molecule has 0 aliphatic carbocycles. The van der Waals surface area contributed by atoms with E-state index in [0.717, 1.165) is 52.0 Å². The summed E-state index contributed by atoms with van der Waals surface area (Å²) in [5, 5.41) is 2.89. The third-order valence-electron chi connectivity index (χ3n) is 3.77. The second kappa shape index (κ2) is 8.95. The van der Waals surface area contributed by atoms with Crippen LogP contribution in [-0.2, 0) is 9.59 Å². The fourth-order valence-electron chi connectivity index (χ4n) is 2.52. The van der Waals surface area contributed by atoms with Gasteiger partial charge < -0.3 is 10.2 Å². The van der Waals surface area contributed by atoms with Gasteiger partial charge in [-0.3, -0.25) is 14.5 Å². The second-order valence-corrected chi connectivity index (χ2v) is 5.64. The summed E-state index contributed by atoms with van der Waals surface area (Å²) in [6.45, 7) is 10.4. The quantitative estimate of drug-likeness (QED) is 0.761. The van der Waals surface area contributed by atoms with Crippen molar-refractivity contribution in [2.24, 2.45) is 5.92 Å². The number of nitrogens with zero attached hydrogens (tertiary/aromatic N) is 2. The highest BCUT2D eigenvalue weighted by atomic mass is 16.2. The molecular weight excluding hydrogens is 254 g/mol. The van der Waals surface area contributed by atoms with E-state index in [1.807, 2.05) is 18.7 Å². The van der Waals surface area contributed by atoms with Gasteiger partial charge in [-0.25, -0.2) is 0 Å². The van der Waals surface area contributed by atoms with E-state index in [0.29, 0.717) is 6.54 Å². The van der Waals surface area contributed by atoms with Gasteiger partial charge in [0.2, 0.25) is 11.8 Å². The van der Waals surface area contributed by atoms with E-state index in [4.69, 9.17) is 0 Å². The fraction of sp³-hybridized carbons (Fsp3) is 0.867. The van der Waals surface area contributed by atoms with Crippen molar-refractivity contribution in [3.05, 3.63) is 0 Å². The number of carbonyl (C=O) groups is 2. The Morgan fingerprint density at radius 3 is 2.30 bits per heavy atom. The van der Waals surface area contributed by atoms with Crippen LogP contribution < -0.4 is 5.32 Å². The van der Waals surface area contributed by atoms with Crippen LogP contribution in [0.5, 0.6) is 0 Å². The lowest BCUT2D eigenvalue weighted by atomic mass is 10.0. The predicted octanol–water partition coefficient (Wildman–Crippen LogP) is 1.09. The Bertz CT molecular complexity index is 312. The molecule has 5 nitrogen and oxygen atoms in total. The number of hydrogen-bond acceptors (Lipinski definition) is 3. The van der Waals surface area contributed by atoms with Gasteiger partial charge in [0.15, 0.2) is 0 Å². The lowest BCUT2D eigenvalue weighted by molar-refractivity contribution is -0.137. The van der Waals surface area contributed by atoms with Crippen molar-refractivity contribution >= 4 is 11.8 Å². The van der Waals surface area contributed by atoms with Gasteiger partial charge in [0.25, 0.3) is 0 Å². The zero-order chi connectivity index (χ0) is 15.0. The summed E-state index contributed by atoms with van der Waals surface area (Å²) in [4.78, 5) is 27.9. The Hall–Kier alpha value is -1.10. The van der Waals surface area contributed by atoms with Crippen LogP contribution in [0.25, 0.3) is 0 Å². The normalized spacial score (nSPS) is 17.9. The summed E-state index contributed by atoms with van der Waals surface area (Å²) >= 11 is 0. The second-order valence-electron chi connectivity index (χ2n) is 5.64. The van der Waals surface area contributed by atoms with Crippen LogP contribution in [0.4, 0.5) is 0 Å². The number of hydrogen-bond donors (Lipinski definition) is 1. The molecule has 1 fully saturated rings. The van der Waals surface area contributed by atoms with E-state index in [9.17, 15) is 9.59 Å². The maximum atomic E-state index is 12.2. The van der Waals surface area contributed by atoms with E-state index >= 15 is 0 Å². The highest BCUT2D eigenvalue weighted by molar-refractivity contribution is 5.79. The minimum atomic E-state index is 0.0889. The maximum absolute atomic E-state index is 12.2. The van der Waals surface area contributed by atoms with E-state index < -0.39 is 0 Å². The van der Waals surface area contributed by atoms with Crippen LogP contribution in [0.3, 0.4) is 0 Å². The number of nitrogens with one attached hydrogen (secondary N) is 1. The molecule has 0 spiro atoms. The van der Waals surface area contributed by atoms with Crippen LogP contribution in [0.15, 0.2) is 0 Å². The molecule has 1 rings (SSSR count). The minimum Gasteiger partial charge on any atom is -0.355 e. The number of piperazine rings is 1. The average Bonchev–Trinajstić information content (AvgIpc) is 2.45. The van der Waals surface area contributed by atoms with E-state index in [1.165, 1.54) is 0 Å². The van der Waals surface area contributed by atoms with Gasteiger partial charge in [-0.05, 0) is 12.8 Å². The van der Waals surface area contributed by atoms with Crippen LogP contribution in [0.1, 0.15) is 40.0 Å². The molecule has 1 saturated heterocycles. The molecule has 1 atom stereocenters. The molecule has 1 N–H and O–H groups in total. The third kappa shape index (κ3) is 5.49. The van der Waals surface area contributed by atoms with Gasteiger partial charge in [-0.1, -0.05) is 27.2 Å². The maximum Gasteiger partial charge on any atom is 0.234 e. The Morgan fingerprint density at radius 2 is 1.75 bits per heavy atom. The summed E-state index contributed by atoms with van der Waals surface area (Å²) < 4.78 is 0. The first-order chi connectivity index (χ1) is 9.58. The summed E-state index contributed by atoms with van der Waals surface area (Å²) in [6.07, 6.45) is 2.96. The summed E-state index contributed by atoms with van der Waals surface area (Å²) in [6, 6.07) is 0. The molecule has 0 saturated carbocycles. The SMILES string of the molecule is CCCNC(=O)CN1CCN(C(=O)C(C)CCC)CC1. The fourth-order valence-corrected chi connectivity index (χ4v) is 2.52. The molecule has 1 heterocycles. The van der Waals surface area contributed by atoms with Crippen molar-refractivity contribution in [3.8, 4) is 0 Å². The first-order valence-corrected chi connectivity index (χ1v) is 7.86. The Morgan fingerprint density at radius 1 is 1.10 bits per heavy atom. The van der Waals surface area contributed by atoms with Crippen molar-refractivity contribution in [1.29, 1.82) is 0 Å². The molecule has 0 radical (unpaired) electrons. The zero-order valence-electron chi connectivity index (χ0n) is 13.2. The molecule has 0 aromatic heterocycles. The van der Waals surface area contributed by atoms with E-state index in [-0.39, 0.29) is 17.7 Å². The molecule has 1 aliphatic heterocycles. The van der Waals surface area contributed by atoms with Gasteiger partial charge in [-0.2, -0.15) is 0 Å². The lowest BCUT2D eigenvalue weighted by Gasteiger charge is -2.35. The van der Waals surface area contributed by atoms with Crippen molar-refractivity contribution in [1.82, 2.24) is 15.1 Å². The van der Waals surface area contributed by atoms with Crippen LogP contribution >= 0.6 is 0 Å². The molecule has 116 valence electrons. The molecule has 2 amide bonds. The monoisotopic (exact) mass is 283 g/mol. The summed E-state index contributed by atoms with van der Waals surface area (Å²) in [7, 11) is 0. The molecule has 20 heavy (non-hydrogen) atoms. The highest BCUT2D eigenvalue weighted by Gasteiger charge is 2.25.